The van der Waals surface area contributed by atoms with Crippen molar-refractivity contribution in [3.05, 3.63) is 54.1 Å². The van der Waals surface area contributed by atoms with Crippen LogP contribution in [0.5, 0.6) is 11.5 Å². The third kappa shape index (κ3) is 5.28. The summed E-state index contributed by atoms with van der Waals surface area (Å²) in [6.07, 6.45) is 0.0804. The Labute approximate surface area is 174 Å². The summed E-state index contributed by atoms with van der Waals surface area (Å²) >= 11 is 0. The molecule has 8 nitrogen and oxygen atoms in total. The van der Waals surface area contributed by atoms with E-state index in [0.29, 0.717) is 23.7 Å². The minimum absolute atomic E-state index is 0.0804. The van der Waals surface area contributed by atoms with Crippen LogP contribution in [0.4, 0.5) is 5.69 Å². The van der Waals surface area contributed by atoms with Crippen LogP contribution in [-0.2, 0) is 25.7 Å². The summed E-state index contributed by atoms with van der Waals surface area (Å²) in [6, 6.07) is 14.5. The Balaban J connectivity index is 1.51. The molecule has 1 saturated heterocycles. The van der Waals surface area contributed by atoms with Gasteiger partial charge >= 0.3 is 5.97 Å². The van der Waals surface area contributed by atoms with Gasteiger partial charge in [0.25, 0.3) is 5.91 Å². The van der Waals surface area contributed by atoms with Crippen LogP contribution in [0.1, 0.15) is 12.0 Å². The molecule has 0 spiro atoms. The van der Waals surface area contributed by atoms with Gasteiger partial charge in [0.05, 0.1) is 25.8 Å². The van der Waals surface area contributed by atoms with Gasteiger partial charge in [-0.1, -0.05) is 30.3 Å². The largest absolute Gasteiger partial charge is 0.497 e. The number of esters is 1. The molecule has 1 N–H and O–H groups in total. The smallest absolute Gasteiger partial charge is 0.311 e. The molecule has 2 aromatic rings. The number of methoxy groups -OCH3 is 2. The number of anilines is 1. The van der Waals surface area contributed by atoms with Crippen molar-refractivity contribution in [2.24, 2.45) is 5.92 Å². The lowest BCUT2D eigenvalue weighted by Crippen LogP contribution is -2.28. The molecular formula is C22H24N2O6. The number of amides is 2. The molecule has 0 bridgehead atoms. The van der Waals surface area contributed by atoms with E-state index in [1.165, 1.54) is 14.2 Å². The fraction of sp³-hybridized carbons (Fsp3) is 0.318. The van der Waals surface area contributed by atoms with E-state index >= 15 is 0 Å². The summed E-state index contributed by atoms with van der Waals surface area (Å²) in [5.41, 5.74) is 1.40. The molecule has 0 unspecified atom stereocenters. The number of carbonyl (C=O) groups excluding carboxylic acids is 3. The van der Waals surface area contributed by atoms with Crippen molar-refractivity contribution < 1.29 is 28.6 Å². The van der Waals surface area contributed by atoms with Crippen LogP contribution < -0.4 is 14.8 Å². The van der Waals surface area contributed by atoms with Gasteiger partial charge in [-0.2, -0.15) is 0 Å². The summed E-state index contributed by atoms with van der Waals surface area (Å²) in [4.78, 5) is 38.4. The Morgan fingerprint density at radius 2 is 1.87 bits per heavy atom. The van der Waals surface area contributed by atoms with Gasteiger partial charge in [-0.05, 0) is 17.7 Å². The maximum Gasteiger partial charge on any atom is 0.311 e. The Hall–Kier alpha value is -3.55. The van der Waals surface area contributed by atoms with Crippen LogP contribution >= 0.6 is 0 Å². The number of likely N-dealkylation sites (tertiary alicyclic amines) is 1. The molecule has 8 heteroatoms. The van der Waals surface area contributed by atoms with E-state index in [1.807, 2.05) is 30.3 Å². The Morgan fingerprint density at radius 1 is 1.10 bits per heavy atom. The van der Waals surface area contributed by atoms with Crippen molar-refractivity contribution in [1.82, 2.24) is 4.90 Å². The highest BCUT2D eigenvalue weighted by Crippen LogP contribution is 2.29. The molecule has 1 heterocycles. The monoisotopic (exact) mass is 412 g/mol. The normalized spacial score (nSPS) is 15.6. The van der Waals surface area contributed by atoms with Gasteiger partial charge in [0, 0.05) is 25.6 Å². The number of carbonyl (C=O) groups is 3. The predicted octanol–water partition coefficient (Wildman–Crippen LogP) is 2.23. The zero-order valence-corrected chi connectivity index (χ0v) is 16.9. The van der Waals surface area contributed by atoms with Crippen molar-refractivity contribution in [3.63, 3.8) is 0 Å². The Morgan fingerprint density at radius 3 is 2.57 bits per heavy atom. The van der Waals surface area contributed by atoms with E-state index in [0.717, 1.165) is 5.56 Å². The molecule has 2 amide bonds. The average Bonchev–Trinajstić information content (AvgIpc) is 3.13. The molecule has 30 heavy (non-hydrogen) atoms. The lowest BCUT2D eigenvalue weighted by molar-refractivity contribution is -0.151. The third-order valence-corrected chi connectivity index (χ3v) is 4.79. The zero-order valence-electron chi connectivity index (χ0n) is 16.9. The Bertz CT molecular complexity index is 915. The molecule has 0 saturated carbocycles. The predicted molar refractivity (Wildman–Crippen MR) is 109 cm³/mol. The van der Waals surface area contributed by atoms with E-state index in [4.69, 9.17) is 14.2 Å². The van der Waals surface area contributed by atoms with Crippen molar-refractivity contribution in [1.29, 1.82) is 0 Å². The van der Waals surface area contributed by atoms with Crippen molar-refractivity contribution in [2.75, 3.05) is 32.7 Å². The highest BCUT2D eigenvalue weighted by molar-refractivity contribution is 5.95. The number of rotatable bonds is 8. The first-order chi connectivity index (χ1) is 14.5. The summed E-state index contributed by atoms with van der Waals surface area (Å²) in [7, 11) is 2.99. The topological polar surface area (TPSA) is 94.2 Å². The molecule has 3 rings (SSSR count). The van der Waals surface area contributed by atoms with Crippen LogP contribution in [0.2, 0.25) is 0 Å². The standard InChI is InChI=1S/C22H24N2O6/c1-28-17-8-9-19(29-2)18(11-17)23-20(25)14-30-22(27)16-10-21(26)24(13-16)12-15-6-4-3-5-7-15/h3-9,11,16H,10,12-14H2,1-2H3,(H,23,25)/t16-/m0/s1. The van der Waals surface area contributed by atoms with Gasteiger partial charge in [0.2, 0.25) is 5.91 Å². The minimum atomic E-state index is -0.583. The van der Waals surface area contributed by atoms with E-state index in [1.54, 1.807) is 23.1 Å². The summed E-state index contributed by atoms with van der Waals surface area (Å²) in [5.74, 6) is -0.765. The SMILES string of the molecule is COc1ccc(OC)c(NC(=O)COC(=O)[C@H]2CC(=O)N(Cc3ccccc3)C2)c1. The lowest BCUT2D eigenvalue weighted by atomic mass is 10.1. The number of nitrogens with one attached hydrogen (secondary N) is 1. The van der Waals surface area contributed by atoms with E-state index in [2.05, 4.69) is 5.32 Å². The van der Waals surface area contributed by atoms with Gasteiger partial charge < -0.3 is 24.4 Å². The van der Waals surface area contributed by atoms with Crippen LogP contribution in [0.3, 0.4) is 0 Å². The first-order valence-corrected chi connectivity index (χ1v) is 9.50. The molecule has 0 aromatic heterocycles. The Kier molecular flexibility index (Phi) is 6.90. The number of benzene rings is 2. The molecule has 158 valence electrons. The quantitative estimate of drug-likeness (QED) is 0.669. The number of hydrogen-bond acceptors (Lipinski definition) is 6. The van der Waals surface area contributed by atoms with Gasteiger partial charge in [0.15, 0.2) is 6.61 Å². The minimum Gasteiger partial charge on any atom is -0.497 e. The van der Waals surface area contributed by atoms with E-state index < -0.39 is 24.4 Å². The summed E-state index contributed by atoms with van der Waals surface area (Å²) < 4.78 is 15.5. The van der Waals surface area contributed by atoms with E-state index in [9.17, 15) is 14.4 Å². The molecule has 0 aliphatic carbocycles. The molecule has 1 aliphatic rings. The fourth-order valence-corrected chi connectivity index (χ4v) is 3.24. The highest BCUT2D eigenvalue weighted by Gasteiger charge is 2.35. The maximum atomic E-state index is 12.3. The molecule has 0 radical (unpaired) electrons. The fourth-order valence-electron chi connectivity index (χ4n) is 3.24. The van der Waals surface area contributed by atoms with Gasteiger partial charge in [-0.3, -0.25) is 14.4 Å². The summed E-state index contributed by atoms with van der Waals surface area (Å²) in [6.45, 7) is 0.264. The third-order valence-electron chi connectivity index (χ3n) is 4.79. The van der Waals surface area contributed by atoms with Crippen molar-refractivity contribution in [2.45, 2.75) is 13.0 Å². The molecular weight excluding hydrogens is 388 g/mol. The van der Waals surface area contributed by atoms with E-state index in [-0.39, 0.29) is 18.9 Å². The summed E-state index contributed by atoms with van der Waals surface area (Å²) in [5, 5.41) is 2.63. The maximum absolute atomic E-state index is 12.3. The first-order valence-electron chi connectivity index (χ1n) is 9.50. The number of nitrogens with zero attached hydrogens (tertiary/aromatic N) is 1. The number of hydrogen-bond donors (Lipinski definition) is 1. The molecule has 1 aliphatic heterocycles. The van der Waals surface area contributed by atoms with Gasteiger partial charge in [0.1, 0.15) is 11.5 Å². The van der Waals surface area contributed by atoms with Crippen LogP contribution in [0, 0.1) is 5.92 Å². The average molecular weight is 412 g/mol. The second-order valence-electron chi connectivity index (χ2n) is 6.88. The molecule has 2 aromatic carbocycles. The van der Waals surface area contributed by atoms with Gasteiger partial charge in [-0.25, -0.2) is 0 Å². The highest BCUT2D eigenvalue weighted by atomic mass is 16.5. The van der Waals surface area contributed by atoms with Crippen molar-refractivity contribution in [3.8, 4) is 11.5 Å². The number of ether oxygens (including phenoxy) is 3. The zero-order chi connectivity index (χ0) is 21.5. The van der Waals surface area contributed by atoms with Crippen LogP contribution in [-0.4, -0.2) is 50.1 Å². The first kappa shape index (κ1) is 21.2. The lowest BCUT2D eigenvalue weighted by Gasteiger charge is -2.16. The van der Waals surface area contributed by atoms with Crippen LogP contribution in [0.15, 0.2) is 48.5 Å². The second kappa shape index (κ2) is 9.78. The second-order valence-corrected chi connectivity index (χ2v) is 6.88. The molecule has 1 fully saturated rings. The molecule has 1 atom stereocenters. The van der Waals surface area contributed by atoms with Crippen LogP contribution in [0.25, 0.3) is 0 Å². The van der Waals surface area contributed by atoms with Gasteiger partial charge in [-0.15, -0.1) is 0 Å². The van der Waals surface area contributed by atoms with Crippen molar-refractivity contribution >= 4 is 23.5 Å².